The Labute approximate surface area is 137 Å². The lowest BCUT2D eigenvalue weighted by Gasteiger charge is -2.49. The van der Waals surface area contributed by atoms with Gasteiger partial charge in [-0.05, 0) is 38.2 Å². The standard InChI is InChI=1S/C15H24N4O3S/c1-3-23(20,21)19-10-15(11-19)13(5-7-22-15)4-6-16-14-17-8-12(2)9-18-14/h8-9,13H,3-7,10-11H2,1-2H3,(H,16,17,18)/t13-/m0/s1. The number of nitrogens with zero attached hydrogens (tertiary/aromatic N) is 3. The molecule has 128 valence electrons. The highest BCUT2D eigenvalue weighted by atomic mass is 32.2. The van der Waals surface area contributed by atoms with Gasteiger partial charge in [-0.3, -0.25) is 0 Å². The van der Waals surface area contributed by atoms with Crippen LogP contribution in [0, 0.1) is 12.8 Å². The summed E-state index contributed by atoms with van der Waals surface area (Å²) in [4.78, 5) is 8.45. The molecule has 2 saturated heterocycles. The summed E-state index contributed by atoms with van der Waals surface area (Å²) >= 11 is 0. The average molecular weight is 340 g/mol. The number of nitrogens with one attached hydrogen (secondary N) is 1. The highest BCUT2D eigenvalue weighted by molar-refractivity contribution is 7.89. The quantitative estimate of drug-likeness (QED) is 0.832. The molecule has 2 aliphatic heterocycles. The third-order valence-corrected chi connectivity index (χ3v) is 6.58. The molecule has 1 spiro atoms. The number of ether oxygens (including phenoxy) is 1. The van der Waals surface area contributed by atoms with Crippen LogP contribution in [0.4, 0.5) is 5.95 Å². The molecule has 8 heteroatoms. The first kappa shape index (κ1) is 16.6. The van der Waals surface area contributed by atoms with Crippen molar-refractivity contribution in [2.75, 3.05) is 37.3 Å². The van der Waals surface area contributed by atoms with Crippen molar-refractivity contribution < 1.29 is 13.2 Å². The first-order chi connectivity index (χ1) is 11.0. The Hall–Kier alpha value is -1.25. The van der Waals surface area contributed by atoms with Gasteiger partial charge in [-0.2, -0.15) is 4.31 Å². The van der Waals surface area contributed by atoms with Crippen LogP contribution < -0.4 is 5.32 Å². The van der Waals surface area contributed by atoms with Gasteiger partial charge in [0.2, 0.25) is 16.0 Å². The second-order valence-corrected chi connectivity index (χ2v) is 8.62. The minimum atomic E-state index is -3.10. The Kier molecular flexibility index (Phi) is 4.57. The van der Waals surface area contributed by atoms with E-state index in [1.165, 1.54) is 0 Å². The summed E-state index contributed by atoms with van der Waals surface area (Å²) in [6.07, 6.45) is 5.48. The van der Waals surface area contributed by atoms with Crippen LogP contribution >= 0.6 is 0 Å². The summed E-state index contributed by atoms with van der Waals surface area (Å²) < 4.78 is 31.2. The number of anilines is 1. The average Bonchev–Trinajstić information content (AvgIpc) is 2.92. The second kappa shape index (κ2) is 6.33. The van der Waals surface area contributed by atoms with E-state index in [0.29, 0.717) is 31.6 Å². The van der Waals surface area contributed by atoms with E-state index in [1.54, 1.807) is 23.6 Å². The van der Waals surface area contributed by atoms with Crippen LogP contribution in [0.25, 0.3) is 0 Å². The molecule has 1 aromatic heterocycles. The van der Waals surface area contributed by atoms with Gasteiger partial charge in [0.15, 0.2) is 0 Å². The van der Waals surface area contributed by atoms with Crippen molar-refractivity contribution in [3.05, 3.63) is 18.0 Å². The first-order valence-electron chi connectivity index (χ1n) is 8.09. The Morgan fingerprint density at radius 3 is 2.74 bits per heavy atom. The SMILES string of the molecule is CCS(=O)(=O)N1CC2(C1)OCC[C@@H]2CCNc1ncc(C)cn1. The minimum absolute atomic E-state index is 0.153. The van der Waals surface area contributed by atoms with Crippen LogP contribution in [0.3, 0.4) is 0 Å². The fraction of sp³-hybridized carbons (Fsp3) is 0.733. The maximum absolute atomic E-state index is 11.9. The Morgan fingerprint density at radius 1 is 1.39 bits per heavy atom. The number of aryl methyl sites for hydroxylation is 1. The normalized spacial score (nSPS) is 23.8. The zero-order valence-electron chi connectivity index (χ0n) is 13.7. The van der Waals surface area contributed by atoms with Crippen LogP contribution in [0.2, 0.25) is 0 Å². The Morgan fingerprint density at radius 2 is 2.09 bits per heavy atom. The van der Waals surface area contributed by atoms with Crippen molar-refractivity contribution in [2.24, 2.45) is 5.92 Å². The molecule has 1 atom stereocenters. The second-order valence-electron chi connectivity index (χ2n) is 6.37. The largest absolute Gasteiger partial charge is 0.372 e. The molecule has 0 unspecified atom stereocenters. The van der Waals surface area contributed by atoms with Crippen LogP contribution in [-0.2, 0) is 14.8 Å². The van der Waals surface area contributed by atoms with E-state index in [2.05, 4.69) is 15.3 Å². The van der Waals surface area contributed by atoms with E-state index in [0.717, 1.165) is 24.9 Å². The van der Waals surface area contributed by atoms with Crippen molar-refractivity contribution >= 4 is 16.0 Å². The van der Waals surface area contributed by atoms with E-state index in [4.69, 9.17) is 4.74 Å². The lowest BCUT2D eigenvalue weighted by molar-refractivity contribution is -0.102. The molecule has 0 aliphatic carbocycles. The minimum Gasteiger partial charge on any atom is -0.372 e. The molecule has 0 amide bonds. The maximum Gasteiger partial charge on any atom is 0.222 e. The monoisotopic (exact) mass is 340 g/mol. The molecule has 3 rings (SSSR count). The highest BCUT2D eigenvalue weighted by Crippen LogP contribution is 2.42. The third-order valence-electron chi connectivity index (χ3n) is 4.80. The van der Waals surface area contributed by atoms with Gasteiger partial charge in [0.25, 0.3) is 0 Å². The summed E-state index contributed by atoms with van der Waals surface area (Å²) in [6, 6.07) is 0. The van der Waals surface area contributed by atoms with Crippen LogP contribution in [0.5, 0.6) is 0 Å². The summed E-state index contributed by atoms with van der Waals surface area (Å²) in [6.45, 7) is 6.10. The molecule has 0 radical (unpaired) electrons. The topological polar surface area (TPSA) is 84.4 Å². The molecular formula is C15H24N4O3S. The summed E-state index contributed by atoms with van der Waals surface area (Å²) in [5.74, 6) is 1.16. The maximum atomic E-state index is 11.9. The van der Waals surface area contributed by atoms with Crippen molar-refractivity contribution in [3.63, 3.8) is 0 Å². The Balaban J connectivity index is 1.51. The lowest BCUT2D eigenvalue weighted by atomic mass is 9.80. The fourth-order valence-electron chi connectivity index (χ4n) is 3.31. The van der Waals surface area contributed by atoms with Crippen LogP contribution in [0.15, 0.2) is 12.4 Å². The van der Waals surface area contributed by atoms with Gasteiger partial charge in [0, 0.05) is 38.6 Å². The van der Waals surface area contributed by atoms with Crippen LogP contribution in [0.1, 0.15) is 25.3 Å². The highest BCUT2D eigenvalue weighted by Gasteiger charge is 2.55. The zero-order chi connectivity index (χ0) is 16.5. The molecule has 0 bridgehead atoms. The van der Waals surface area contributed by atoms with Gasteiger partial charge >= 0.3 is 0 Å². The van der Waals surface area contributed by atoms with Gasteiger partial charge < -0.3 is 10.1 Å². The Bertz CT molecular complexity index is 641. The van der Waals surface area contributed by atoms with Crippen molar-refractivity contribution in [1.29, 1.82) is 0 Å². The number of sulfonamides is 1. The molecule has 3 heterocycles. The van der Waals surface area contributed by atoms with Gasteiger partial charge in [0.1, 0.15) is 0 Å². The zero-order valence-corrected chi connectivity index (χ0v) is 14.5. The molecule has 2 fully saturated rings. The van der Waals surface area contributed by atoms with E-state index in [-0.39, 0.29) is 11.4 Å². The van der Waals surface area contributed by atoms with E-state index in [9.17, 15) is 8.42 Å². The number of hydrogen-bond donors (Lipinski definition) is 1. The number of rotatable bonds is 6. The smallest absolute Gasteiger partial charge is 0.222 e. The van der Waals surface area contributed by atoms with Crippen molar-refractivity contribution in [3.8, 4) is 0 Å². The number of hydrogen-bond acceptors (Lipinski definition) is 6. The molecule has 1 aromatic rings. The molecule has 1 N–H and O–H groups in total. The van der Waals surface area contributed by atoms with Gasteiger partial charge in [0.05, 0.1) is 11.4 Å². The third kappa shape index (κ3) is 3.34. The summed E-state index contributed by atoms with van der Waals surface area (Å²) in [5, 5.41) is 3.23. The number of aromatic nitrogens is 2. The van der Waals surface area contributed by atoms with Gasteiger partial charge in [-0.25, -0.2) is 18.4 Å². The first-order valence-corrected chi connectivity index (χ1v) is 9.70. The predicted molar refractivity (Wildman–Crippen MR) is 87.7 cm³/mol. The molecule has 23 heavy (non-hydrogen) atoms. The van der Waals surface area contributed by atoms with E-state index < -0.39 is 10.0 Å². The molecule has 0 aromatic carbocycles. The van der Waals surface area contributed by atoms with Crippen molar-refractivity contribution in [1.82, 2.24) is 14.3 Å². The molecule has 2 aliphatic rings. The predicted octanol–water partition coefficient (Wildman–Crippen LogP) is 1.03. The summed E-state index contributed by atoms with van der Waals surface area (Å²) in [7, 11) is -3.10. The lowest BCUT2D eigenvalue weighted by Crippen LogP contribution is -2.66. The fourth-order valence-corrected chi connectivity index (χ4v) is 4.51. The molecule has 7 nitrogen and oxygen atoms in total. The summed E-state index contributed by atoms with van der Waals surface area (Å²) in [5.41, 5.74) is 0.753. The van der Waals surface area contributed by atoms with E-state index >= 15 is 0 Å². The van der Waals surface area contributed by atoms with Crippen molar-refractivity contribution in [2.45, 2.75) is 32.3 Å². The molecule has 0 saturated carbocycles. The van der Waals surface area contributed by atoms with Crippen LogP contribution in [-0.4, -0.2) is 60.3 Å². The van der Waals surface area contributed by atoms with Gasteiger partial charge in [-0.1, -0.05) is 0 Å². The van der Waals surface area contributed by atoms with E-state index in [1.807, 2.05) is 6.92 Å². The molecular weight excluding hydrogens is 316 g/mol. The van der Waals surface area contributed by atoms with Gasteiger partial charge in [-0.15, -0.1) is 0 Å².